The minimum atomic E-state index is -0.814. The molecule has 1 aliphatic heterocycles. The first-order valence-electron chi connectivity index (χ1n) is 11.5. The van der Waals surface area contributed by atoms with E-state index in [-0.39, 0.29) is 34.4 Å². The Hall–Kier alpha value is -3.42. The van der Waals surface area contributed by atoms with Crippen molar-refractivity contribution in [2.75, 3.05) is 10.6 Å². The summed E-state index contributed by atoms with van der Waals surface area (Å²) < 4.78 is 14.8. The van der Waals surface area contributed by atoms with Crippen LogP contribution in [0.5, 0.6) is 0 Å². The maximum Gasteiger partial charge on any atom is 0.254 e. The number of fused-ring (bicyclic) bond motifs is 1. The monoisotopic (exact) mass is 469 g/mol. The van der Waals surface area contributed by atoms with Crippen molar-refractivity contribution in [2.45, 2.75) is 66.5 Å². The number of rotatable bonds is 9. The van der Waals surface area contributed by atoms with Gasteiger partial charge in [0.25, 0.3) is 16.8 Å². The van der Waals surface area contributed by atoms with E-state index < -0.39 is 34.0 Å². The van der Waals surface area contributed by atoms with Crippen LogP contribution < -0.4 is 26.8 Å². The Morgan fingerprint density at radius 3 is 2.35 bits per heavy atom. The summed E-state index contributed by atoms with van der Waals surface area (Å²) in [5.41, 5.74) is -0.637. The predicted octanol–water partition coefficient (Wildman–Crippen LogP) is 4.98. The van der Waals surface area contributed by atoms with E-state index in [0.717, 1.165) is 5.57 Å². The van der Waals surface area contributed by atoms with Crippen LogP contribution in [0.2, 0.25) is 0 Å². The van der Waals surface area contributed by atoms with Gasteiger partial charge in [-0.05, 0) is 49.8 Å². The predicted molar refractivity (Wildman–Crippen MR) is 133 cm³/mol. The van der Waals surface area contributed by atoms with Gasteiger partial charge in [-0.25, -0.2) is 4.39 Å². The molecule has 0 aliphatic carbocycles. The Bertz CT molecular complexity index is 1250. The van der Waals surface area contributed by atoms with Crippen molar-refractivity contribution in [3.8, 4) is 0 Å². The SMILES string of the molecule is CCC1NC(=O)c2c1ccc(F)c2Nc1c(N[C@@H](/C(O)=C/C=C(C)C)C(C)(C)CC)c(=O)c1=O. The van der Waals surface area contributed by atoms with Crippen LogP contribution in [0.1, 0.15) is 76.3 Å². The van der Waals surface area contributed by atoms with Crippen LogP contribution in [0.3, 0.4) is 0 Å². The van der Waals surface area contributed by atoms with Gasteiger partial charge in [-0.15, -0.1) is 0 Å². The topological polar surface area (TPSA) is 108 Å². The lowest BCUT2D eigenvalue weighted by molar-refractivity contribution is 0.0956. The van der Waals surface area contributed by atoms with E-state index in [4.69, 9.17) is 0 Å². The molecule has 2 aromatic carbocycles. The van der Waals surface area contributed by atoms with Gasteiger partial charge in [0.15, 0.2) is 0 Å². The Labute approximate surface area is 198 Å². The van der Waals surface area contributed by atoms with E-state index in [9.17, 15) is 23.9 Å². The van der Waals surface area contributed by atoms with Gasteiger partial charge in [-0.3, -0.25) is 14.4 Å². The summed E-state index contributed by atoms with van der Waals surface area (Å²) in [6, 6.07) is 1.85. The molecule has 1 amide bonds. The molecule has 0 bridgehead atoms. The first kappa shape index (κ1) is 25.2. The van der Waals surface area contributed by atoms with E-state index in [1.54, 1.807) is 18.2 Å². The summed E-state index contributed by atoms with van der Waals surface area (Å²) in [7, 11) is 0. The number of aliphatic hydroxyl groups is 1. The molecule has 1 aliphatic rings. The van der Waals surface area contributed by atoms with Crippen molar-refractivity contribution < 1.29 is 14.3 Å². The second-order valence-corrected chi connectivity index (χ2v) is 9.61. The molecule has 1 heterocycles. The van der Waals surface area contributed by atoms with Crippen molar-refractivity contribution in [3.05, 3.63) is 73.0 Å². The van der Waals surface area contributed by atoms with E-state index in [1.807, 2.05) is 41.5 Å². The number of hydrogen-bond donors (Lipinski definition) is 4. The highest BCUT2D eigenvalue weighted by Crippen LogP contribution is 2.37. The van der Waals surface area contributed by atoms with E-state index in [2.05, 4.69) is 16.0 Å². The Balaban J connectivity index is 2.03. The average Bonchev–Trinajstić information content (AvgIpc) is 3.13. The zero-order valence-electron chi connectivity index (χ0n) is 20.4. The fourth-order valence-electron chi connectivity index (χ4n) is 4.02. The Morgan fingerprint density at radius 2 is 1.76 bits per heavy atom. The minimum Gasteiger partial charge on any atom is -0.510 e. The second-order valence-electron chi connectivity index (χ2n) is 9.61. The number of hydrogen-bond acceptors (Lipinski definition) is 6. The summed E-state index contributed by atoms with van der Waals surface area (Å²) in [5, 5.41) is 19.3. The molecule has 1 unspecified atom stereocenters. The van der Waals surface area contributed by atoms with Gasteiger partial charge in [0.2, 0.25) is 0 Å². The summed E-state index contributed by atoms with van der Waals surface area (Å²) in [6.07, 6.45) is 4.60. The van der Waals surface area contributed by atoms with Gasteiger partial charge < -0.3 is 21.1 Å². The zero-order chi connectivity index (χ0) is 25.4. The lowest BCUT2D eigenvalue weighted by Crippen LogP contribution is -2.44. The first-order chi connectivity index (χ1) is 15.9. The molecule has 182 valence electrons. The lowest BCUT2D eigenvalue weighted by Gasteiger charge is -2.35. The van der Waals surface area contributed by atoms with Crippen molar-refractivity contribution in [2.24, 2.45) is 5.41 Å². The number of amides is 1. The van der Waals surface area contributed by atoms with E-state index in [1.165, 1.54) is 6.07 Å². The Kier molecular flexibility index (Phi) is 7.00. The molecule has 2 aromatic rings. The van der Waals surface area contributed by atoms with Crippen LogP contribution in [0, 0.1) is 11.2 Å². The van der Waals surface area contributed by atoms with Gasteiger partial charge in [-0.1, -0.05) is 45.4 Å². The minimum absolute atomic E-state index is 0.00370. The van der Waals surface area contributed by atoms with Crippen molar-refractivity contribution in [3.63, 3.8) is 0 Å². The average molecular weight is 470 g/mol. The molecule has 0 radical (unpaired) electrons. The molecule has 0 saturated heterocycles. The van der Waals surface area contributed by atoms with Gasteiger partial charge in [0, 0.05) is 0 Å². The van der Waals surface area contributed by atoms with Gasteiger partial charge in [0.1, 0.15) is 23.0 Å². The number of carbonyl (C=O) groups is 1. The summed E-state index contributed by atoms with van der Waals surface area (Å²) in [5.74, 6) is -1.14. The fraction of sp³-hybridized carbons (Fsp3) is 0.423. The third kappa shape index (κ3) is 4.49. The third-order valence-corrected chi connectivity index (χ3v) is 6.53. The highest BCUT2D eigenvalue weighted by Gasteiger charge is 2.36. The quantitative estimate of drug-likeness (QED) is 0.234. The molecular weight excluding hydrogens is 437 g/mol. The number of nitrogens with one attached hydrogen (secondary N) is 3. The van der Waals surface area contributed by atoms with Gasteiger partial charge in [-0.2, -0.15) is 0 Å². The van der Waals surface area contributed by atoms with E-state index in [0.29, 0.717) is 18.4 Å². The summed E-state index contributed by atoms with van der Waals surface area (Å²) >= 11 is 0. The maximum atomic E-state index is 14.8. The maximum absolute atomic E-state index is 14.8. The number of aliphatic hydroxyl groups excluding tert-OH is 1. The number of allylic oxidation sites excluding steroid dienone is 3. The molecule has 0 saturated carbocycles. The molecular formula is C26H32FN3O4. The molecule has 0 aromatic heterocycles. The zero-order valence-corrected chi connectivity index (χ0v) is 20.4. The molecule has 0 spiro atoms. The standard InChI is InChI=1S/C26H32FN3O4/c1-7-16-14-10-11-15(27)19(18(14)25(34)28-16)29-20-21(23(33)22(20)32)30-24(26(5,6)8-2)17(31)12-9-13(3)4/h9-12,16,24,29-31H,7-8H2,1-6H3,(H,28,34)/b17-12-/t16?,24-/m0/s1. The molecule has 0 fully saturated rings. The number of carbonyl (C=O) groups excluding carboxylic acids is 1. The lowest BCUT2D eigenvalue weighted by atomic mass is 9.80. The fourth-order valence-corrected chi connectivity index (χ4v) is 4.02. The molecule has 8 heteroatoms. The van der Waals surface area contributed by atoms with Crippen molar-refractivity contribution in [1.29, 1.82) is 0 Å². The summed E-state index contributed by atoms with van der Waals surface area (Å²) in [6.45, 7) is 11.5. The highest BCUT2D eigenvalue weighted by molar-refractivity contribution is 6.05. The third-order valence-electron chi connectivity index (χ3n) is 6.53. The smallest absolute Gasteiger partial charge is 0.254 e. The largest absolute Gasteiger partial charge is 0.510 e. The van der Waals surface area contributed by atoms with Crippen molar-refractivity contribution in [1.82, 2.24) is 5.32 Å². The van der Waals surface area contributed by atoms with Crippen LogP contribution >= 0.6 is 0 Å². The van der Waals surface area contributed by atoms with Gasteiger partial charge in [0.05, 0.1) is 23.3 Å². The van der Waals surface area contributed by atoms with Crippen LogP contribution in [0.15, 0.2) is 45.2 Å². The normalized spacial score (nSPS) is 16.7. The van der Waals surface area contributed by atoms with Crippen LogP contribution in [-0.4, -0.2) is 17.1 Å². The number of anilines is 3. The van der Waals surface area contributed by atoms with Gasteiger partial charge >= 0.3 is 0 Å². The number of halogens is 1. The Morgan fingerprint density at radius 1 is 1.12 bits per heavy atom. The molecule has 4 N–H and O–H groups in total. The van der Waals surface area contributed by atoms with Crippen LogP contribution in [0.4, 0.5) is 21.5 Å². The number of benzene rings is 1. The molecule has 2 atom stereocenters. The van der Waals surface area contributed by atoms with Crippen molar-refractivity contribution >= 4 is 23.0 Å². The second kappa shape index (κ2) is 9.44. The van der Waals surface area contributed by atoms with Crippen LogP contribution in [0.25, 0.3) is 0 Å². The highest BCUT2D eigenvalue weighted by atomic mass is 19.1. The van der Waals surface area contributed by atoms with E-state index >= 15 is 0 Å². The molecule has 34 heavy (non-hydrogen) atoms. The molecule has 3 rings (SSSR count). The first-order valence-corrected chi connectivity index (χ1v) is 11.5. The summed E-state index contributed by atoms with van der Waals surface area (Å²) in [4.78, 5) is 37.5. The van der Waals surface area contributed by atoms with Crippen LogP contribution in [-0.2, 0) is 0 Å². The molecule has 7 nitrogen and oxygen atoms in total.